The molecule has 0 spiro atoms. The summed E-state index contributed by atoms with van der Waals surface area (Å²) in [6, 6.07) is 20.0. The zero-order chi connectivity index (χ0) is 15.2. The van der Waals surface area contributed by atoms with Crippen LogP contribution < -0.4 is 0 Å². The molecule has 2 aliphatic carbocycles. The fraction of sp³-hybridized carbons (Fsp3) is 0.400. The van der Waals surface area contributed by atoms with Gasteiger partial charge in [-0.15, -0.1) is 0 Å². The normalized spacial score (nSPS) is 37.2. The fourth-order valence-electron chi connectivity index (χ4n) is 4.84. The molecule has 2 fully saturated rings. The monoisotopic (exact) mass is 294 g/mol. The van der Waals surface area contributed by atoms with Crippen molar-refractivity contribution in [1.29, 1.82) is 0 Å². The molecular formula is C20H22O2. The maximum absolute atomic E-state index is 11.3. The molecule has 0 radical (unpaired) electrons. The summed E-state index contributed by atoms with van der Waals surface area (Å²) in [7, 11) is 0. The molecule has 4 rings (SSSR count). The van der Waals surface area contributed by atoms with E-state index in [2.05, 4.69) is 0 Å². The zero-order valence-electron chi connectivity index (χ0n) is 12.7. The molecule has 0 saturated heterocycles. The molecule has 0 aliphatic heterocycles. The van der Waals surface area contributed by atoms with Gasteiger partial charge in [-0.2, -0.15) is 0 Å². The van der Waals surface area contributed by atoms with Crippen molar-refractivity contribution in [2.45, 2.75) is 36.9 Å². The van der Waals surface area contributed by atoms with E-state index in [0.717, 1.165) is 36.8 Å². The molecule has 0 amide bonds. The van der Waals surface area contributed by atoms with E-state index in [0.29, 0.717) is 0 Å². The van der Waals surface area contributed by atoms with Gasteiger partial charge in [0.2, 0.25) is 0 Å². The molecule has 22 heavy (non-hydrogen) atoms. The Morgan fingerprint density at radius 2 is 1.00 bits per heavy atom. The van der Waals surface area contributed by atoms with Crippen LogP contribution in [0.5, 0.6) is 0 Å². The van der Waals surface area contributed by atoms with Crippen molar-refractivity contribution in [3.8, 4) is 0 Å². The van der Waals surface area contributed by atoms with Crippen molar-refractivity contribution in [2.75, 3.05) is 0 Å². The third kappa shape index (κ3) is 1.87. The van der Waals surface area contributed by atoms with Crippen LogP contribution in [0.15, 0.2) is 60.7 Å². The SMILES string of the molecule is O[C@]1(c2ccccc2)CC[C@H]2[C@H]1CC[C@]2(O)c1ccccc1. The fourth-order valence-corrected chi connectivity index (χ4v) is 4.84. The lowest BCUT2D eigenvalue weighted by atomic mass is 9.78. The van der Waals surface area contributed by atoms with Crippen LogP contribution in [0.2, 0.25) is 0 Å². The largest absolute Gasteiger partial charge is 0.385 e. The van der Waals surface area contributed by atoms with Crippen LogP contribution in [-0.2, 0) is 11.2 Å². The molecule has 2 heteroatoms. The Labute approximate surface area is 131 Å². The van der Waals surface area contributed by atoms with Crippen LogP contribution in [0.25, 0.3) is 0 Å². The molecule has 2 aliphatic rings. The van der Waals surface area contributed by atoms with Crippen molar-refractivity contribution in [3.63, 3.8) is 0 Å². The van der Waals surface area contributed by atoms with Gasteiger partial charge in [-0.05, 0) is 48.6 Å². The second kappa shape index (κ2) is 4.94. The minimum atomic E-state index is -0.787. The van der Waals surface area contributed by atoms with Gasteiger partial charge in [0.1, 0.15) is 0 Å². The van der Waals surface area contributed by atoms with Gasteiger partial charge in [0.15, 0.2) is 0 Å². The first kappa shape index (κ1) is 14.0. The Hall–Kier alpha value is -1.64. The summed E-state index contributed by atoms with van der Waals surface area (Å²) in [5, 5.41) is 22.6. The smallest absolute Gasteiger partial charge is 0.0928 e. The Kier molecular flexibility index (Phi) is 3.14. The lowest BCUT2D eigenvalue weighted by molar-refractivity contribution is -0.0357. The van der Waals surface area contributed by atoms with E-state index >= 15 is 0 Å². The van der Waals surface area contributed by atoms with Crippen molar-refractivity contribution >= 4 is 0 Å². The number of hydrogen-bond acceptors (Lipinski definition) is 2. The summed E-state index contributed by atoms with van der Waals surface area (Å²) >= 11 is 0. The predicted octanol–water partition coefficient (Wildman–Crippen LogP) is 3.58. The van der Waals surface area contributed by atoms with Gasteiger partial charge in [-0.25, -0.2) is 0 Å². The summed E-state index contributed by atoms with van der Waals surface area (Å²) in [6.07, 6.45) is 3.23. The molecular weight excluding hydrogens is 272 g/mol. The number of aliphatic hydroxyl groups is 2. The van der Waals surface area contributed by atoms with Gasteiger partial charge in [-0.1, -0.05) is 60.7 Å². The average molecular weight is 294 g/mol. The van der Waals surface area contributed by atoms with Gasteiger partial charge in [-0.3, -0.25) is 0 Å². The van der Waals surface area contributed by atoms with Crippen molar-refractivity contribution in [3.05, 3.63) is 71.8 Å². The predicted molar refractivity (Wildman–Crippen MR) is 86.1 cm³/mol. The van der Waals surface area contributed by atoms with Crippen LogP contribution in [0, 0.1) is 11.8 Å². The van der Waals surface area contributed by atoms with Crippen molar-refractivity contribution in [2.24, 2.45) is 11.8 Å². The van der Waals surface area contributed by atoms with Gasteiger partial charge in [0.25, 0.3) is 0 Å². The molecule has 2 N–H and O–H groups in total. The number of hydrogen-bond donors (Lipinski definition) is 2. The molecule has 2 aromatic carbocycles. The zero-order valence-corrected chi connectivity index (χ0v) is 12.7. The molecule has 0 heterocycles. The van der Waals surface area contributed by atoms with Crippen LogP contribution in [0.4, 0.5) is 0 Å². The third-order valence-corrected chi connectivity index (χ3v) is 5.93. The Balaban J connectivity index is 1.70. The average Bonchev–Trinajstić information content (AvgIpc) is 3.10. The van der Waals surface area contributed by atoms with E-state index in [9.17, 15) is 10.2 Å². The van der Waals surface area contributed by atoms with E-state index in [4.69, 9.17) is 0 Å². The summed E-state index contributed by atoms with van der Waals surface area (Å²) < 4.78 is 0. The maximum atomic E-state index is 11.3. The molecule has 2 nitrogen and oxygen atoms in total. The second-order valence-electron chi connectivity index (χ2n) is 6.87. The van der Waals surface area contributed by atoms with Crippen molar-refractivity contribution < 1.29 is 10.2 Å². The number of fused-ring (bicyclic) bond motifs is 1. The number of benzene rings is 2. The van der Waals surface area contributed by atoms with Gasteiger partial charge >= 0.3 is 0 Å². The second-order valence-corrected chi connectivity index (χ2v) is 6.87. The highest BCUT2D eigenvalue weighted by Crippen LogP contribution is 2.60. The maximum Gasteiger partial charge on any atom is 0.0928 e. The molecule has 0 bridgehead atoms. The van der Waals surface area contributed by atoms with E-state index < -0.39 is 11.2 Å². The minimum Gasteiger partial charge on any atom is -0.385 e. The molecule has 2 saturated carbocycles. The van der Waals surface area contributed by atoms with Gasteiger partial charge < -0.3 is 10.2 Å². The lowest BCUT2D eigenvalue weighted by Gasteiger charge is -2.33. The standard InChI is InChI=1S/C20H22O2/c21-19(15-7-3-1-4-8-15)13-11-18-17(19)12-14-20(18,22)16-9-5-2-6-10-16/h1-10,17-18,21-22H,11-14H2/t17-,18+,19-,20-/m0/s1. The van der Waals surface area contributed by atoms with Crippen molar-refractivity contribution in [1.82, 2.24) is 0 Å². The third-order valence-electron chi connectivity index (χ3n) is 5.93. The summed E-state index contributed by atoms with van der Waals surface area (Å²) in [5.41, 5.74) is 0.427. The minimum absolute atomic E-state index is 0.139. The summed E-state index contributed by atoms with van der Waals surface area (Å²) in [4.78, 5) is 0. The van der Waals surface area contributed by atoms with E-state index in [1.54, 1.807) is 0 Å². The highest BCUT2D eigenvalue weighted by Gasteiger charge is 2.59. The lowest BCUT2D eigenvalue weighted by Crippen LogP contribution is -2.35. The first-order chi connectivity index (χ1) is 10.6. The first-order valence-corrected chi connectivity index (χ1v) is 8.20. The highest BCUT2D eigenvalue weighted by atomic mass is 16.3. The topological polar surface area (TPSA) is 40.5 Å². The Morgan fingerprint density at radius 1 is 0.636 bits per heavy atom. The van der Waals surface area contributed by atoms with Crippen LogP contribution in [-0.4, -0.2) is 10.2 Å². The van der Waals surface area contributed by atoms with E-state index in [1.807, 2.05) is 60.7 Å². The van der Waals surface area contributed by atoms with E-state index in [-0.39, 0.29) is 11.8 Å². The van der Waals surface area contributed by atoms with Gasteiger partial charge in [0.05, 0.1) is 11.2 Å². The Morgan fingerprint density at radius 3 is 1.36 bits per heavy atom. The van der Waals surface area contributed by atoms with E-state index in [1.165, 1.54) is 0 Å². The molecule has 114 valence electrons. The molecule has 4 atom stereocenters. The van der Waals surface area contributed by atoms with Gasteiger partial charge in [0, 0.05) is 0 Å². The highest BCUT2D eigenvalue weighted by molar-refractivity contribution is 5.31. The van der Waals surface area contributed by atoms with Crippen LogP contribution >= 0.6 is 0 Å². The summed E-state index contributed by atoms with van der Waals surface area (Å²) in [6.45, 7) is 0. The first-order valence-electron chi connectivity index (χ1n) is 8.20. The molecule has 0 aromatic heterocycles. The van der Waals surface area contributed by atoms with Crippen LogP contribution in [0.3, 0.4) is 0 Å². The number of rotatable bonds is 2. The summed E-state index contributed by atoms with van der Waals surface area (Å²) in [5.74, 6) is 0.278. The Bertz CT molecular complexity index is 594. The van der Waals surface area contributed by atoms with Crippen LogP contribution in [0.1, 0.15) is 36.8 Å². The quantitative estimate of drug-likeness (QED) is 0.888. The molecule has 0 unspecified atom stereocenters. The molecule has 2 aromatic rings.